The predicted octanol–water partition coefficient (Wildman–Crippen LogP) is 9.66. The molecule has 1 saturated carbocycles. The molecule has 0 aromatic heterocycles. The highest BCUT2D eigenvalue weighted by Gasteiger charge is 2.22. The van der Waals surface area contributed by atoms with E-state index < -0.39 is 11.6 Å². The zero-order valence-corrected chi connectivity index (χ0v) is 19.9. The minimum Gasteiger partial charge on any atom is -0.206 e. The number of halogens is 3. The van der Waals surface area contributed by atoms with Gasteiger partial charge in [0.25, 0.3) is 0 Å². The van der Waals surface area contributed by atoms with Crippen LogP contribution in [0.4, 0.5) is 13.2 Å². The van der Waals surface area contributed by atoms with Crippen molar-refractivity contribution >= 4 is 6.08 Å². The minimum atomic E-state index is -0.947. The first-order valence-electron chi connectivity index (χ1n) is 13.0. The third-order valence-electron chi connectivity index (χ3n) is 7.84. The monoisotopic (exact) mass is 454 g/mol. The first kappa shape index (κ1) is 24.1. The zero-order valence-electron chi connectivity index (χ0n) is 19.9. The molecule has 0 aliphatic heterocycles. The van der Waals surface area contributed by atoms with Gasteiger partial charge < -0.3 is 0 Å². The van der Waals surface area contributed by atoms with E-state index in [0.717, 1.165) is 54.4 Å². The average molecular weight is 455 g/mol. The van der Waals surface area contributed by atoms with Crippen molar-refractivity contribution in [2.24, 2.45) is 11.8 Å². The topological polar surface area (TPSA) is 0 Å². The highest BCUT2D eigenvalue weighted by Crippen LogP contribution is 2.37. The van der Waals surface area contributed by atoms with Crippen molar-refractivity contribution in [3.05, 3.63) is 64.5 Å². The molecule has 0 heterocycles. The standard InChI is InChI=1S/C30H37F3/c1-2-3-4-5-6-21-7-9-22(10-8-21)11-12-23-13-14-24-18-27(29(32)20-26(24)17-23)25-15-16-28(31)30(33)19-25/h15-22H,2-14H2,1H3. The van der Waals surface area contributed by atoms with Gasteiger partial charge in [-0.2, -0.15) is 0 Å². The zero-order chi connectivity index (χ0) is 23.2. The van der Waals surface area contributed by atoms with Crippen LogP contribution in [0.5, 0.6) is 0 Å². The Hall–Kier alpha value is -2.03. The summed E-state index contributed by atoms with van der Waals surface area (Å²) in [4.78, 5) is 0. The molecule has 2 aromatic rings. The van der Waals surface area contributed by atoms with Crippen molar-refractivity contribution in [3.63, 3.8) is 0 Å². The molecule has 0 atom stereocenters. The molecule has 0 unspecified atom stereocenters. The number of hydrogen-bond acceptors (Lipinski definition) is 0. The van der Waals surface area contributed by atoms with E-state index in [4.69, 9.17) is 0 Å². The Morgan fingerprint density at radius 1 is 0.758 bits per heavy atom. The van der Waals surface area contributed by atoms with Gasteiger partial charge in [0.1, 0.15) is 5.82 Å². The summed E-state index contributed by atoms with van der Waals surface area (Å²) in [6, 6.07) is 6.94. The normalized spacial score (nSPS) is 20.4. The molecule has 4 rings (SSSR count). The largest absolute Gasteiger partial charge is 0.206 e. The molecule has 2 aromatic carbocycles. The van der Waals surface area contributed by atoms with Crippen LogP contribution in [0.1, 0.15) is 95.1 Å². The van der Waals surface area contributed by atoms with Crippen molar-refractivity contribution in [1.82, 2.24) is 0 Å². The second kappa shape index (κ2) is 11.4. The van der Waals surface area contributed by atoms with Gasteiger partial charge in [0.2, 0.25) is 0 Å². The van der Waals surface area contributed by atoms with Crippen molar-refractivity contribution < 1.29 is 13.2 Å². The lowest BCUT2D eigenvalue weighted by Gasteiger charge is -2.29. The van der Waals surface area contributed by atoms with Gasteiger partial charge in [-0.3, -0.25) is 0 Å². The molecule has 33 heavy (non-hydrogen) atoms. The van der Waals surface area contributed by atoms with Crippen LogP contribution < -0.4 is 0 Å². The maximum absolute atomic E-state index is 14.8. The Kier molecular flexibility index (Phi) is 8.33. The van der Waals surface area contributed by atoms with Crippen LogP contribution in [0.3, 0.4) is 0 Å². The molecule has 2 aliphatic carbocycles. The molecule has 0 saturated heterocycles. The summed E-state index contributed by atoms with van der Waals surface area (Å²) >= 11 is 0. The number of aryl methyl sites for hydroxylation is 1. The smallest absolute Gasteiger partial charge is 0.159 e. The highest BCUT2D eigenvalue weighted by atomic mass is 19.2. The number of rotatable bonds is 9. The Morgan fingerprint density at radius 3 is 2.24 bits per heavy atom. The minimum absolute atomic E-state index is 0.343. The van der Waals surface area contributed by atoms with Crippen LogP contribution in [-0.2, 0) is 6.42 Å². The van der Waals surface area contributed by atoms with Gasteiger partial charge in [-0.1, -0.05) is 82.4 Å². The third-order valence-corrected chi connectivity index (χ3v) is 7.84. The fourth-order valence-corrected chi connectivity index (χ4v) is 5.71. The van der Waals surface area contributed by atoms with Gasteiger partial charge in [0, 0.05) is 5.56 Å². The second-order valence-corrected chi connectivity index (χ2v) is 10.2. The number of benzene rings is 2. The van der Waals surface area contributed by atoms with Crippen LogP contribution >= 0.6 is 0 Å². The maximum Gasteiger partial charge on any atom is 0.159 e. The van der Waals surface area contributed by atoms with Crippen molar-refractivity contribution in [2.75, 3.05) is 0 Å². The van der Waals surface area contributed by atoms with Gasteiger partial charge in [0.15, 0.2) is 11.6 Å². The first-order valence-corrected chi connectivity index (χ1v) is 13.0. The molecule has 0 nitrogen and oxygen atoms in total. The van der Waals surface area contributed by atoms with Crippen molar-refractivity contribution in [3.8, 4) is 11.1 Å². The van der Waals surface area contributed by atoms with E-state index in [-0.39, 0.29) is 5.82 Å². The van der Waals surface area contributed by atoms with E-state index in [1.807, 2.05) is 6.07 Å². The third kappa shape index (κ3) is 6.31. The fourth-order valence-electron chi connectivity index (χ4n) is 5.71. The lowest BCUT2D eigenvalue weighted by atomic mass is 9.77. The van der Waals surface area contributed by atoms with Crippen LogP contribution in [0.25, 0.3) is 17.2 Å². The lowest BCUT2D eigenvalue weighted by molar-refractivity contribution is 0.248. The number of unbranched alkanes of at least 4 members (excludes halogenated alkanes) is 3. The molecular formula is C30H37F3. The molecule has 3 heteroatoms. The fraction of sp³-hybridized carbons (Fsp3) is 0.533. The number of allylic oxidation sites excluding steroid dienone is 1. The average Bonchev–Trinajstić information content (AvgIpc) is 2.82. The summed E-state index contributed by atoms with van der Waals surface area (Å²) in [5.74, 6) is -0.450. The predicted molar refractivity (Wildman–Crippen MR) is 131 cm³/mol. The number of fused-ring (bicyclic) bond motifs is 1. The highest BCUT2D eigenvalue weighted by molar-refractivity contribution is 5.70. The van der Waals surface area contributed by atoms with Gasteiger partial charge in [-0.05, 0) is 78.5 Å². The molecule has 0 N–H and O–H groups in total. The van der Waals surface area contributed by atoms with Crippen molar-refractivity contribution in [1.29, 1.82) is 0 Å². The summed E-state index contributed by atoms with van der Waals surface area (Å²) < 4.78 is 41.7. The first-order chi connectivity index (χ1) is 16.0. The summed E-state index contributed by atoms with van der Waals surface area (Å²) in [5, 5.41) is 0. The van der Waals surface area contributed by atoms with E-state index in [2.05, 4.69) is 13.0 Å². The molecule has 0 radical (unpaired) electrons. The van der Waals surface area contributed by atoms with E-state index in [9.17, 15) is 13.2 Å². The number of hydrogen-bond donors (Lipinski definition) is 0. The molecule has 0 bridgehead atoms. The molecular weight excluding hydrogens is 417 g/mol. The van der Waals surface area contributed by atoms with Gasteiger partial charge in [-0.15, -0.1) is 0 Å². The summed E-state index contributed by atoms with van der Waals surface area (Å²) in [7, 11) is 0. The maximum atomic E-state index is 14.8. The van der Waals surface area contributed by atoms with E-state index in [1.165, 1.54) is 75.8 Å². The molecule has 0 spiro atoms. The van der Waals surface area contributed by atoms with Gasteiger partial charge >= 0.3 is 0 Å². The summed E-state index contributed by atoms with van der Waals surface area (Å²) in [6.45, 7) is 2.27. The van der Waals surface area contributed by atoms with E-state index in [0.29, 0.717) is 11.1 Å². The molecule has 2 aliphatic rings. The van der Waals surface area contributed by atoms with Crippen LogP contribution in [0.2, 0.25) is 0 Å². The lowest BCUT2D eigenvalue weighted by Crippen LogP contribution is -2.15. The molecule has 178 valence electrons. The Bertz CT molecular complexity index is 967. The van der Waals surface area contributed by atoms with Crippen LogP contribution in [0, 0.1) is 29.3 Å². The van der Waals surface area contributed by atoms with E-state index >= 15 is 0 Å². The Morgan fingerprint density at radius 2 is 1.52 bits per heavy atom. The molecule has 1 fully saturated rings. The van der Waals surface area contributed by atoms with Crippen LogP contribution in [0.15, 0.2) is 35.9 Å². The summed E-state index contributed by atoms with van der Waals surface area (Å²) in [5.41, 5.74) is 4.17. The second-order valence-electron chi connectivity index (χ2n) is 10.2. The van der Waals surface area contributed by atoms with Crippen molar-refractivity contribution in [2.45, 2.75) is 90.4 Å². The Labute approximate surface area is 197 Å². The van der Waals surface area contributed by atoms with Crippen LogP contribution in [-0.4, -0.2) is 0 Å². The Balaban J connectivity index is 1.31. The molecule has 0 amide bonds. The van der Waals surface area contributed by atoms with Gasteiger partial charge in [-0.25, -0.2) is 13.2 Å². The summed E-state index contributed by atoms with van der Waals surface area (Å²) in [6.07, 6.45) is 18.9. The SMILES string of the molecule is CCCCCCC1CCC(CCC2=Cc3cc(F)c(-c4ccc(F)c(F)c4)cc3CC2)CC1. The van der Waals surface area contributed by atoms with Gasteiger partial charge in [0.05, 0.1) is 0 Å². The van der Waals surface area contributed by atoms with E-state index in [1.54, 1.807) is 6.07 Å². The quantitative estimate of drug-likeness (QED) is 0.331.